The van der Waals surface area contributed by atoms with E-state index in [1.165, 1.54) is 7.11 Å². The second-order valence-electron chi connectivity index (χ2n) is 6.38. The molecule has 0 aliphatic rings. The summed E-state index contributed by atoms with van der Waals surface area (Å²) in [6.45, 7) is 3.40. The predicted molar refractivity (Wildman–Crippen MR) is 97.6 cm³/mol. The van der Waals surface area contributed by atoms with Crippen LogP contribution in [0.3, 0.4) is 0 Å². The van der Waals surface area contributed by atoms with Gasteiger partial charge in [-0.2, -0.15) is 0 Å². The maximum absolute atomic E-state index is 12.3. The minimum Gasteiger partial charge on any atom is -0.467 e. The average molecular weight is 357 g/mol. The third-order valence-electron chi connectivity index (χ3n) is 3.87. The van der Waals surface area contributed by atoms with Crippen LogP contribution in [-0.4, -0.2) is 37.6 Å². The zero-order chi connectivity index (χ0) is 19.1. The minimum atomic E-state index is -0.760. The van der Waals surface area contributed by atoms with Crippen molar-refractivity contribution in [2.45, 2.75) is 26.3 Å². The summed E-state index contributed by atoms with van der Waals surface area (Å²) >= 11 is 0. The molecule has 0 saturated heterocycles. The van der Waals surface area contributed by atoms with Crippen molar-refractivity contribution in [2.24, 2.45) is 5.92 Å². The molecule has 6 nitrogen and oxygen atoms in total. The SMILES string of the molecule is COC(=O)[C@@H](CC(C)C)NC(=O)COC(=O)c1cccc2ccccc12. The zero-order valence-electron chi connectivity index (χ0n) is 15.2. The van der Waals surface area contributed by atoms with Gasteiger partial charge in [0.15, 0.2) is 6.61 Å². The van der Waals surface area contributed by atoms with Gasteiger partial charge in [0.1, 0.15) is 6.04 Å². The van der Waals surface area contributed by atoms with E-state index in [4.69, 9.17) is 9.47 Å². The smallest absolute Gasteiger partial charge is 0.339 e. The van der Waals surface area contributed by atoms with Crippen molar-refractivity contribution < 1.29 is 23.9 Å². The molecule has 0 aromatic heterocycles. The van der Waals surface area contributed by atoms with Crippen molar-refractivity contribution in [3.63, 3.8) is 0 Å². The van der Waals surface area contributed by atoms with Crippen molar-refractivity contribution in [1.82, 2.24) is 5.32 Å². The fraction of sp³-hybridized carbons (Fsp3) is 0.350. The van der Waals surface area contributed by atoms with Gasteiger partial charge in [-0.05, 0) is 29.2 Å². The Morgan fingerprint density at radius 3 is 2.42 bits per heavy atom. The van der Waals surface area contributed by atoms with E-state index in [2.05, 4.69) is 5.32 Å². The van der Waals surface area contributed by atoms with Crippen molar-refractivity contribution in [3.8, 4) is 0 Å². The van der Waals surface area contributed by atoms with E-state index in [0.717, 1.165) is 10.8 Å². The maximum atomic E-state index is 12.3. The highest BCUT2D eigenvalue weighted by atomic mass is 16.5. The second-order valence-corrected chi connectivity index (χ2v) is 6.38. The normalized spacial score (nSPS) is 11.8. The van der Waals surface area contributed by atoms with Crippen LogP contribution in [0.2, 0.25) is 0 Å². The van der Waals surface area contributed by atoms with Gasteiger partial charge in [-0.15, -0.1) is 0 Å². The first-order valence-corrected chi connectivity index (χ1v) is 8.44. The Bertz CT molecular complexity index is 794. The highest BCUT2D eigenvalue weighted by Crippen LogP contribution is 2.19. The number of benzene rings is 2. The quantitative estimate of drug-likeness (QED) is 0.771. The summed E-state index contributed by atoms with van der Waals surface area (Å²) in [5.41, 5.74) is 0.391. The summed E-state index contributed by atoms with van der Waals surface area (Å²) in [6.07, 6.45) is 0.440. The average Bonchev–Trinajstić information content (AvgIpc) is 2.64. The number of carbonyl (C=O) groups excluding carboxylic acids is 3. The number of rotatable bonds is 7. The number of fused-ring (bicyclic) bond motifs is 1. The first-order chi connectivity index (χ1) is 12.4. The van der Waals surface area contributed by atoms with Gasteiger partial charge in [-0.1, -0.05) is 50.2 Å². The molecule has 6 heteroatoms. The Hall–Kier alpha value is -2.89. The van der Waals surface area contributed by atoms with Crippen molar-refractivity contribution >= 4 is 28.6 Å². The van der Waals surface area contributed by atoms with E-state index < -0.39 is 30.5 Å². The van der Waals surface area contributed by atoms with Crippen LogP contribution < -0.4 is 5.32 Å². The van der Waals surface area contributed by atoms with Crippen molar-refractivity contribution in [3.05, 3.63) is 48.0 Å². The van der Waals surface area contributed by atoms with Gasteiger partial charge in [0.05, 0.1) is 12.7 Å². The molecule has 26 heavy (non-hydrogen) atoms. The molecule has 0 heterocycles. The van der Waals surface area contributed by atoms with Gasteiger partial charge in [-0.25, -0.2) is 9.59 Å². The lowest BCUT2D eigenvalue weighted by molar-refractivity contribution is -0.145. The summed E-state index contributed by atoms with van der Waals surface area (Å²) in [4.78, 5) is 36.1. The Balaban J connectivity index is 1.99. The fourth-order valence-electron chi connectivity index (χ4n) is 2.68. The summed E-state index contributed by atoms with van der Waals surface area (Å²) in [7, 11) is 1.27. The van der Waals surface area contributed by atoms with E-state index in [1.54, 1.807) is 12.1 Å². The van der Waals surface area contributed by atoms with Crippen LogP contribution >= 0.6 is 0 Å². The molecule has 2 rings (SSSR count). The van der Waals surface area contributed by atoms with Crippen molar-refractivity contribution in [2.75, 3.05) is 13.7 Å². The topological polar surface area (TPSA) is 81.7 Å². The standard InChI is InChI=1S/C20H23NO5/c1-13(2)11-17(20(24)25-3)21-18(22)12-26-19(23)16-10-6-8-14-7-4-5-9-15(14)16/h4-10,13,17H,11-12H2,1-3H3,(H,21,22)/t17-/m1/s1. The molecule has 1 N–H and O–H groups in total. The number of esters is 2. The van der Waals surface area contributed by atoms with Gasteiger partial charge in [0.2, 0.25) is 0 Å². The maximum Gasteiger partial charge on any atom is 0.339 e. The number of carbonyl (C=O) groups is 3. The summed E-state index contributed by atoms with van der Waals surface area (Å²) < 4.78 is 9.81. The molecule has 1 atom stereocenters. The van der Waals surface area contributed by atoms with Gasteiger partial charge in [-0.3, -0.25) is 4.79 Å². The molecule has 1 amide bonds. The van der Waals surface area contributed by atoms with E-state index in [9.17, 15) is 14.4 Å². The molecule has 0 radical (unpaired) electrons. The highest BCUT2D eigenvalue weighted by molar-refractivity contribution is 6.05. The van der Waals surface area contributed by atoms with Gasteiger partial charge >= 0.3 is 11.9 Å². The van der Waals surface area contributed by atoms with Gasteiger partial charge < -0.3 is 14.8 Å². The molecule has 0 bridgehead atoms. The summed E-state index contributed by atoms with van der Waals surface area (Å²) in [5.74, 6) is -1.46. The number of hydrogen-bond acceptors (Lipinski definition) is 5. The van der Waals surface area contributed by atoms with Crippen LogP contribution in [0, 0.1) is 5.92 Å². The van der Waals surface area contributed by atoms with Gasteiger partial charge in [0.25, 0.3) is 5.91 Å². The van der Waals surface area contributed by atoms with Crippen LogP contribution in [0.25, 0.3) is 10.8 Å². The molecule has 2 aromatic rings. The number of amides is 1. The molecule has 0 unspecified atom stereocenters. The van der Waals surface area contributed by atoms with Crippen LogP contribution in [0.5, 0.6) is 0 Å². The molecule has 0 saturated carbocycles. The molecular weight excluding hydrogens is 334 g/mol. The lowest BCUT2D eigenvalue weighted by Gasteiger charge is -2.18. The molecule has 0 spiro atoms. The first kappa shape index (κ1) is 19.4. The molecule has 2 aromatic carbocycles. The van der Waals surface area contributed by atoms with Crippen LogP contribution in [-0.2, 0) is 19.1 Å². The number of methoxy groups -OCH3 is 1. The van der Waals surface area contributed by atoms with Crippen molar-refractivity contribution in [1.29, 1.82) is 0 Å². The Kier molecular flexibility index (Phi) is 6.72. The Labute approximate surface area is 152 Å². The van der Waals surface area contributed by atoms with E-state index in [-0.39, 0.29) is 5.92 Å². The predicted octanol–water partition coefficient (Wildman–Crippen LogP) is 2.70. The lowest BCUT2D eigenvalue weighted by atomic mass is 10.0. The molecular formula is C20H23NO5. The van der Waals surface area contributed by atoms with Crippen LogP contribution in [0.4, 0.5) is 0 Å². The molecule has 138 valence electrons. The molecule has 0 aliphatic heterocycles. The highest BCUT2D eigenvalue weighted by Gasteiger charge is 2.23. The fourth-order valence-corrected chi connectivity index (χ4v) is 2.68. The minimum absolute atomic E-state index is 0.192. The number of hydrogen-bond donors (Lipinski definition) is 1. The largest absolute Gasteiger partial charge is 0.467 e. The van der Waals surface area contributed by atoms with E-state index in [0.29, 0.717) is 12.0 Å². The van der Waals surface area contributed by atoms with E-state index >= 15 is 0 Å². The number of ether oxygens (including phenoxy) is 2. The third-order valence-corrected chi connectivity index (χ3v) is 3.87. The Morgan fingerprint density at radius 2 is 1.73 bits per heavy atom. The summed E-state index contributed by atoms with van der Waals surface area (Å²) in [6, 6.07) is 12.0. The van der Waals surface area contributed by atoms with Crippen LogP contribution in [0.1, 0.15) is 30.6 Å². The number of nitrogens with one attached hydrogen (secondary N) is 1. The summed E-state index contributed by atoms with van der Waals surface area (Å²) in [5, 5.41) is 4.22. The van der Waals surface area contributed by atoms with E-state index in [1.807, 2.05) is 44.2 Å². The first-order valence-electron chi connectivity index (χ1n) is 8.44. The molecule has 0 fully saturated rings. The Morgan fingerprint density at radius 1 is 1.04 bits per heavy atom. The van der Waals surface area contributed by atoms with Gasteiger partial charge in [0, 0.05) is 0 Å². The third kappa shape index (κ3) is 5.05. The second kappa shape index (κ2) is 8.99. The monoisotopic (exact) mass is 357 g/mol. The van der Waals surface area contributed by atoms with Crippen LogP contribution in [0.15, 0.2) is 42.5 Å². The zero-order valence-corrected chi connectivity index (χ0v) is 15.2. The molecule has 0 aliphatic carbocycles. The lowest BCUT2D eigenvalue weighted by Crippen LogP contribution is -2.44.